The molecule has 0 unspecified atom stereocenters. The lowest BCUT2D eigenvalue weighted by atomic mass is 10.0. The summed E-state index contributed by atoms with van der Waals surface area (Å²) in [5.74, 6) is -8.10. The van der Waals surface area contributed by atoms with Crippen molar-refractivity contribution >= 4 is 53.3 Å². The molecule has 1 aliphatic heterocycles. The number of aliphatic carboxylic acids is 2. The number of carboxylic acid groups (broad SMARTS) is 2. The molecule has 1 fully saturated rings. The van der Waals surface area contributed by atoms with Gasteiger partial charge in [-0.15, -0.1) is 0 Å². The highest BCUT2D eigenvalue weighted by atomic mass is 16.4. The maximum atomic E-state index is 13.5. The molecule has 6 amide bonds. The standard InChI is InChI=1S/C28H48N10O10/c1-14(2)22(37-24(44)15(34-20(40)13-29)5-3-11-33-28(31)32)25(45)35-16(8-10-21(41)42)23(43)36-17(7-9-19(30)39)26(46)38-12-4-6-18(38)27(47)48/h14-18,22H,3-13,29H2,1-2H3,(H2,30,39)(H,34,40)(H,35,45)(H,36,43)(H,37,44)(H,41,42)(H,47,48)(H4,31,32,33)/t15-,16-,17-,18-,22-/m0/s1. The van der Waals surface area contributed by atoms with Gasteiger partial charge in [0.2, 0.25) is 35.4 Å². The summed E-state index contributed by atoms with van der Waals surface area (Å²) >= 11 is 0. The molecule has 0 aromatic carbocycles. The smallest absolute Gasteiger partial charge is 0.326 e. The minimum absolute atomic E-state index is 0.0743. The summed E-state index contributed by atoms with van der Waals surface area (Å²) in [6.07, 6.45) is -0.704. The summed E-state index contributed by atoms with van der Waals surface area (Å²) in [7, 11) is 0. The third kappa shape index (κ3) is 14.2. The maximum Gasteiger partial charge on any atom is 0.326 e. The van der Waals surface area contributed by atoms with Crippen LogP contribution in [0.4, 0.5) is 0 Å². The van der Waals surface area contributed by atoms with Crippen LogP contribution in [0.3, 0.4) is 0 Å². The molecule has 20 nitrogen and oxygen atoms in total. The fourth-order valence-electron chi connectivity index (χ4n) is 4.92. The van der Waals surface area contributed by atoms with Crippen LogP contribution < -0.4 is 44.2 Å². The molecule has 48 heavy (non-hydrogen) atoms. The summed E-state index contributed by atoms with van der Waals surface area (Å²) in [6.45, 7) is 3.02. The zero-order valence-corrected chi connectivity index (χ0v) is 27.1. The van der Waals surface area contributed by atoms with Crippen LogP contribution >= 0.6 is 0 Å². The fraction of sp³-hybridized carbons (Fsp3) is 0.679. The Morgan fingerprint density at radius 3 is 1.94 bits per heavy atom. The number of guanidine groups is 1. The van der Waals surface area contributed by atoms with Crippen LogP contribution in [0.2, 0.25) is 0 Å². The quantitative estimate of drug-likeness (QED) is 0.0312. The fourth-order valence-corrected chi connectivity index (χ4v) is 4.92. The number of carbonyl (C=O) groups excluding carboxylic acids is 6. The predicted molar refractivity (Wildman–Crippen MR) is 169 cm³/mol. The number of carboxylic acids is 2. The number of amides is 6. The van der Waals surface area contributed by atoms with Gasteiger partial charge in [-0.3, -0.25) is 38.6 Å². The molecule has 1 aliphatic rings. The SMILES string of the molecule is CC(C)[C@H](NC(=O)[C@H](CCCN=C(N)N)NC(=O)CN)C(=O)N[C@@H](CCC(=O)O)C(=O)N[C@@H](CCC(N)=O)C(=O)N1CCC[C@H]1C(=O)O. The van der Waals surface area contributed by atoms with Gasteiger partial charge in [-0.25, -0.2) is 4.79 Å². The number of carbonyl (C=O) groups is 8. The van der Waals surface area contributed by atoms with E-state index in [0.29, 0.717) is 6.42 Å². The number of hydrogen-bond acceptors (Lipinski definition) is 10. The number of rotatable bonds is 21. The van der Waals surface area contributed by atoms with Gasteiger partial charge in [0.05, 0.1) is 6.54 Å². The number of nitrogens with two attached hydrogens (primary N) is 4. The lowest BCUT2D eigenvalue weighted by molar-refractivity contribution is -0.149. The molecule has 1 rings (SSSR count). The van der Waals surface area contributed by atoms with Crippen molar-refractivity contribution in [1.29, 1.82) is 0 Å². The molecule has 1 heterocycles. The van der Waals surface area contributed by atoms with Gasteiger partial charge in [0, 0.05) is 25.9 Å². The minimum atomic E-state index is -1.53. The summed E-state index contributed by atoms with van der Waals surface area (Å²) in [5.41, 5.74) is 21.2. The first-order valence-corrected chi connectivity index (χ1v) is 15.5. The van der Waals surface area contributed by atoms with Crippen molar-refractivity contribution < 1.29 is 48.6 Å². The largest absolute Gasteiger partial charge is 0.481 e. The van der Waals surface area contributed by atoms with Crippen molar-refractivity contribution in [3.8, 4) is 0 Å². The number of aliphatic imine (C=N–C) groups is 1. The lowest BCUT2D eigenvalue weighted by Gasteiger charge is -2.30. The molecule has 20 heteroatoms. The summed E-state index contributed by atoms with van der Waals surface area (Å²) in [4.78, 5) is 105. The normalized spacial score (nSPS) is 16.5. The van der Waals surface area contributed by atoms with E-state index in [-0.39, 0.29) is 51.2 Å². The molecular weight excluding hydrogens is 636 g/mol. The number of likely N-dealkylation sites (tertiary alicyclic amines) is 1. The van der Waals surface area contributed by atoms with Gasteiger partial charge < -0.3 is 59.3 Å². The number of nitrogens with one attached hydrogen (secondary N) is 4. The van der Waals surface area contributed by atoms with E-state index >= 15 is 0 Å². The first-order valence-electron chi connectivity index (χ1n) is 15.5. The Labute approximate surface area is 277 Å². The second-order valence-electron chi connectivity index (χ2n) is 11.6. The van der Waals surface area contributed by atoms with Crippen LogP contribution in [-0.4, -0.2) is 118 Å². The van der Waals surface area contributed by atoms with Gasteiger partial charge in [-0.2, -0.15) is 0 Å². The molecule has 0 saturated carbocycles. The van der Waals surface area contributed by atoms with Crippen molar-refractivity contribution in [2.45, 2.75) is 95.4 Å². The van der Waals surface area contributed by atoms with Crippen LogP contribution in [0.15, 0.2) is 4.99 Å². The van der Waals surface area contributed by atoms with E-state index in [1.54, 1.807) is 13.8 Å². The Morgan fingerprint density at radius 2 is 1.40 bits per heavy atom. The van der Waals surface area contributed by atoms with E-state index in [0.717, 1.165) is 4.90 Å². The van der Waals surface area contributed by atoms with E-state index in [9.17, 15) is 48.6 Å². The molecule has 0 aromatic rings. The molecule has 14 N–H and O–H groups in total. The van der Waals surface area contributed by atoms with Gasteiger partial charge in [-0.05, 0) is 44.4 Å². The molecule has 270 valence electrons. The highest BCUT2D eigenvalue weighted by molar-refractivity contribution is 5.96. The van der Waals surface area contributed by atoms with Crippen molar-refractivity contribution in [3.63, 3.8) is 0 Å². The van der Waals surface area contributed by atoms with Crippen LogP contribution in [0, 0.1) is 5.92 Å². The lowest BCUT2D eigenvalue weighted by Crippen LogP contribution is -2.60. The number of hydrogen-bond donors (Lipinski definition) is 10. The van der Waals surface area contributed by atoms with Crippen molar-refractivity contribution in [2.24, 2.45) is 33.8 Å². The molecule has 0 bridgehead atoms. The third-order valence-corrected chi connectivity index (χ3v) is 7.42. The highest BCUT2D eigenvalue weighted by Gasteiger charge is 2.39. The molecule has 5 atom stereocenters. The average molecular weight is 685 g/mol. The molecule has 0 aliphatic carbocycles. The zero-order chi connectivity index (χ0) is 36.6. The molecule has 1 saturated heterocycles. The van der Waals surface area contributed by atoms with Crippen LogP contribution in [-0.2, 0) is 38.4 Å². The zero-order valence-electron chi connectivity index (χ0n) is 27.1. The van der Waals surface area contributed by atoms with E-state index in [1.807, 2.05) is 0 Å². The molecule has 0 spiro atoms. The molecule has 0 radical (unpaired) electrons. The highest BCUT2D eigenvalue weighted by Crippen LogP contribution is 2.20. The van der Waals surface area contributed by atoms with Crippen LogP contribution in [0.25, 0.3) is 0 Å². The van der Waals surface area contributed by atoms with E-state index in [4.69, 9.17) is 22.9 Å². The van der Waals surface area contributed by atoms with Gasteiger partial charge in [-0.1, -0.05) is 13.8 Å². The van der Waals surface area contributed by atoms with E-state index in [2.05, 4.69) is 26.3 Å². The topological polar surface area (TPSA) is 345 Å². The number of primary amides is 1. The molecular formula is C28H48N10O10. The minimum Gasteiger partial charge on any atom is -0.481 e. The Bertz CT molecular complexity index is 1220. The van der Waals surface area contributed by atoms with Crippen LogP contribution in [0.5, 0.6) is 0 Å². The number of nitrogens with zero attached hydrogens (tertiary/aromatic N) is 2. The summed E-state index contributed by atoms with van der Waals surface area (Å²) in [6, 6.07) is -6.50. The van der Waals surface area contributed by atoms with Crippen molar-refractivity contribution in [2.75, 3.05) is 19.6 Å². The van der Waals surface area contributed by atoms with Gasteiger partial charge in [0.25, 0.3) is 0 Å². The van der Waals surface area contributed by atoms with Crippen molar-refractivity contribution in [3.05, 3.63) is 0 Å². The first kappa shape index (κ1) is 41.0. The Hall–Kier alpha value is -5.01. The Morgan fingerprint density at radius 1 is 0.812 bits per heavy atom. The van der Waals surface area contributed by atoms with Crippen LogP contribution in [0.1, 0.15) is 65.2 Å². The predicted octanol–water partition coefficient (Wildman–Crippen LogP) is -4.20. The monoisotopic (exact) mass is 684 g/mol. The Balaban J connectivity index is 3.22. The Kier molecular flexibility index (Phi) is 17.3. The van der Waals surface area contributed by atoms with Gasteiger partial charge in [0.1, 0.15) is 30.2 Å². The third-order valence-electron chi connectivity index (χ3n) is 7.42. The van der Waals surface area contributed by atoms with Crippen molar-refractivity contribution in [1.82, 2.24) is 26.2 Å². The summed E-state index contributed by atoms with van der Waals surface area (Å²) < 4.78 is 0. The molecule has 0 aromatic heterocycles. The second kappa shape index (κ2) is 20.3. The second-order valence-corrected chi connectivity index (χ2v) is 11.6. The van der Waals surface area contributed by atoms with E-state index < -0.39 is 103 Å². The summed E-state index contributed by atoms with van der Waals surface area (Å²) in [5, 5.41) is 28.6. The van der Waals surface area contributed by atoms with E-state index in [1.165, 1.54) is 0 Å². The first-order chi connectivity index (χ1) is 22.5. The van der Waals surface area contributed by atoms with Gasteiger partial charge >= 0.3 is 11.9 Å². The van der Waals surface area contributed by atoms with Gasteiger partial charge in [0.15, 0.2) is 5.96 Å². The average Bonchev–Trinajstić information content (AvgIpc) is 3.50. The maximum absolute atomic E-state index is 13.5.